The van der Waals surface area contributed by atoms with Gasteiger partial charge in [-0.1, -0.05) is 19.8 Å². The summed E-state index contributed by atoms with van der Waals surface area (Å²) in [4.78, 5) is 21.5. The van der Waals surface area contributed by atoms with Crippen molar-refractivity contribution in [1.29, 1.82) is 0 Å². The van der Waals surface area contributed by atoms with Crippen molar-refractivity contribution < 1.29 is 9.59 Å². The Morgan fingerprint density at radius 1 is 0.731 bits per heavy atom. The fourth-order valence-electron chi connectivity index (χ4n) is 9.30. The van der Waals surface area contributed by atoms with Gasteiger partial charge >= 0.3 is 0 Å². The second-order valence-corrected chi connectivity index (χ2v) is 10.7. The molecule has 6 aliphatic rings. The van der Waals surface area contributed by atoms with Crippen molar-refractivity contribution >= 4 is 12.6 Å². The van der Waals surface area contributed by atoms with Crippen LogP contribution in [-0.4, -0.2) is 12.6 Å². The van der Waals surface area contributed by atoms with Gasteiger partial charge in [0.25, 0.3) is 0 Å². The third-order valence-electron chi connectivity index (χ3n) is 10.2. The van der Waals surface area contributed by atoms with Crippen LogP contribution in [0.2, 0.25) is 0 Å². The number of fused-ring (bicyclic) bond motifs is 10. The van der Waals surface area contributed by atoms with Crippen molar-refractivity contribution in [2.24, 2.45) is 65.1 Å². The lowest BCUT2D eigenvalue weighted by molar-refractivity contribution is -0.115. The van der Waals surface area contributed by atoms with Crippen LogP contribution in [0.3, 0.4) is 0 Å². The Morgan fingerprint density at radius 3 is 2.08 bits per heavy atom. The second kappa shape index (κ2) is 6.74. The smallest absolute Gasteiger partial charge is 0.123 e. The first-order valence-electron chi connectivity index (χ1n) is 11.6. The Kier molecular flexibility index (Phi) is 4.52. The number of carbonyl (C=O) groups is 2. The van der Waals surface area contributed by atoms with Crippen molar-refractivity contribution in [1.82, 2.24) is 0 Å². The molecule has 0 heterocycles. The molecule has 6 fully saturated rings. The molecule has 6 saturated carbocycles. The summed E-state index contributed by atoms with van der Waals surface area (Å²) in [6.45, 7) is 2.30. The van der Waals surface area contributed by atoms with E-state index in [2.05, 4.69) is 6.92 Å². The quantitative estimate of drug-likeness (QED) is 0.655. The van der Waals surface area contributed by atoms with Gasteiger partial charge in [-0.05, 0) is 104 Å². The van der Waals surface area contributed by atoms with E-state index in [1.807, 2.05) is 0 Å². The third-order valence-corrected chi connectivity index (χ3v) is 10.2. The molecule has 0 radical (unpaired) electrons. The Labute approximate surface area is 158 Å². The normalized spacial score (nSPS) is 55.3. The number of hydrogen-bond acceptors (Lipinski definition) is 2. The fourth-order valence-corrected chi connectivity index (χ4v) is 9.30. The maximum atomic E-state index is 11.0. The van der Waals surface area contributed by atoms with Crippen LogP contribution in [0.15, 0.2) is 0 Å². The van der Waals surface area contributed by atoms with Gasteiger partial charge in [0.2, 0.25) is 0 Å². The molecular weight excluding hydrogens is 320 g/mol. The van der Waals surface area contributed by atoms with Crippen molar-refractivity contribution in [2.75, 3.05) is 0 Å². The van der Waals surface area contributed by atoms with Gasteiger partial charge in [-0.3, -0.25) is 0 Å². The number of carbonyl (C=O) groups excluding carboxylic acids is 2. The van der Waals surface area contributed by atoms with Crippen LogP contribution in [0, 0.1) is 65.1 Å². The topological polar surface area (TPSA) is 34.1 Å². The summed E-state index contributed by atoms with van der Waals surface area (Å²) in [5.74, 6) is 9.61. The van der Waals surface area contributed by atoms with Crippen LogP contribution >= 0.6 is 0 Å². The molecule has 11 unspecified atom stereocenters. The van der Waals surface area contributed by atoms with E-state index in [0.29, 0.717) is 11.8 Å². The van der Waals surface area contributed by atoms with Crippen LogP contribution in [0.5, 0.6) is 0 Å². The molecule has 144 valence electrons. The molecule has 0 aromatic carbocycles. The number of hydrogen-bond donors (Lipinski definition) is 0. The summed E-state index contributed by atoms with van der Waals surface area (Å²) in [5, 5.41) is 0. The average Bonchev–Trinajstić information content (AvgIpc) is 3.41. The van der Waals surface area contributed by atoms with E-state index in [1.54, 1.807) is 0 Å². The van der Waals surface area contributed by atoms with E-state index >= 15 is 0 Å². The van der Waals surface area contributed by atoms with E-state index in [9.17, 15) is 9.59 Å². The summed E-state index contributed by atoms with van der Waals surface area (Å²) in [6.07, 6.45) is 16.2. The molecule has 0 aliphatic heterocycles. The van der Waals surface area contributed by atoms with Crippen molar-refractivity contribution in [3.63, 3.8) is 0 Å². The van der Waals surface area contributed by atoms with E-state index in [4.69, 9.17) is 0 Å². The highest BCUT2D eigenvalue weighted by Crippen LogP contribution is 2.63. The lowest BCUT2D eigenvalue weighted by Crippen LogP contribution is -2.31. The van der Waals surface area contributed by atoms with Gasteiger partial charge in [0.15, 0.2) is 0 Å². The van der Waals surface area contributed by atoms with Gasteiger partial charge in [0, 0.05) is 12.3 Å². The molecule has 6 aliphatic carbocycles. The van der Waals surface area contributed by atoms with Crippen LogP contribution in [0.25, 0.3) is 0 Å². The minimum atomic E-state index is 0.421. The summed E-state index contributed by atoms with van der Waals surface area (Å²) in [7, 11) is 0. The second-order valence-electron chi connectivity index (χ2n) is 10.7. The molecular formula is C24H36O2. The van der Waals surface area contributed by atoms with Gasteiger partial charge < -0.3 is 9.59 Å². The molecule has 6 rings (SSSR count). The maximum absolute atomic E-state index is 11.0. The highest BCUT2D eigenvalue weighted by molar-refractivity contribution is 5.56. The predicted molar refractivity (Wildman–Crippen MR) is 102 cm³/mol. The predicted octanol–water partition coefficient (Wildman–Crippen LogP) is 5.15. The zero-order chi connectivity index (χ0) is 17.8. The first kappa shape index (κ1) is 17.4. The minimum absolute atomic E-state index is 0.421. The number of rotatable bonds is 3. The van der Waals surface area contributed by atoms with Crippen molar-refractivity contribution in [3.05, 3.63) is 0 Å². The molecule has 2 nitrogen and oxygen atoms in total. The molecule has 0 saturated heterocycles. The minimum Gasteiger partial charge on any atom is -0.303 e. The Morgan fingerprint density at radius 2 is 1.38 bits per heavy atom. The Hall–Kier alpha value is -0.660. The first-order chi connectivity index (χ1) is 12.7. The van der Waals surface area contributed by atoms with Gasteiger partial charge in [-0.25, -0.2) is 0 Å². The van der Waals surface area contributed by atoms with Crippen molar-refractivity contribution in [3.8, 4) is 0 Å². The summed E-state index contributed by atoms with van der Waals surface area (Å²) < 4.78 is 0. The highest BCUT2D eigenvalue weighted by Gasteiger charge is 2.57. The van der Waals surface area contributed by atoms with E-state index in [0.717, 1.165) is 66.0 Å². The van der Waals surface area contributed by atoms with Crippen molar-refractivity contribution in [2.45, 2.75) is 71.1 Å². The molecule has 4 bridgehead atoms. The lowest BCUT2D eigenvalue weighted by atomic mass is 9.71. The van der Waals surface area contributed by atoms with E-state index in [1.165, 1.54) is 64.1 Å². The van der Waals surface area contributed by atoms with Crippen LogP contribution in [-0.2, 0) is 9.59 Å². The third kappa shape index (κ3) is 2.49. The summed E-state index contributed by atoms with van der Waals surface area (Å²) >= 11 is 0. The van der Waals surface area contributed by atoms with Crippen LogP contribution in [0.1, 0.15) is 71.1 Å². The Balaban J connectivity index is 0.000000115. The summed E-state index contributed by atoms with van der Waals surface area (Å²) in [6, 6.07) is 0. The van der Waals surface area contributed by atoms with E-state index < -0.39 is 0 Å². The first-order valence-corrected chi connectivity index (χ1v) is 11.6. The van der Waals surface area contributed by atoms with Gasteiger partial charge in [0.05, 0.1) is 0 Å². The maximum Gasteiger partial charge on any atom is 0.123 e. The van der Waals surface area contributed by atoms with Gasteiger partial charge in [-0.2, -0.15) is 0 Å². The van der Waals surface area contributed by atoms with Crippen LogP contribution in [0.4, 0.5) is 0 Å². The molecule has 0 amide bonds. The molecule has 11 atom stereocenters. The van der Waals surface area contributed by atoms with Gasteiger partial charge in [-0.15, -0.1) is 0 Å². The molecule has 0 N–H and O–H groups in total. The lowest BCUT2D eigenvalue weighted by Gasteiger charge is -2.33. The largest absolute Gasteiger partial charge is 0.303 e. The summed E-state index contributed by atoms with van der Waals surface area (Å²) in [5.41, 5.74) is 0. The van der Waals surface area contributed by atoms with Crippen LogP contribution < -0.4 is 0 Å². The molecule has 0 spiro atoms. The molecule has 0 aromatic rings. The molecule has 0 aromatic heterocycles. The SMILES string of the molecule is CC1C(C=O)C2CC1C1CCCC21.O=CCC1CC2CC1C1CCCC21. The standard InChI is InChI=1S/2C12H18O/c1-7-10-5-11(12(7)6-13)9-4-2-3-8(9)10;13-5-4-8-6-9-7-12(8)11-3-1-2-10(9)11/h6-12H,2-5H2,1H3;5,8-12H,1-4,6-7H2. The molecule has 2 heteroatoms. The fraction of sp³-hybridized carbons (Fsp3) is 0.917. The highest BCUT2D eigenvalue weighted by atomic mass is 16.1. The number of aldehydes is 2. The molecule has 26 heavy (non-hydrogen) atoms. The zero-order valence-corrected chi connectivity index (χ0v) is 16.4. The van der Waals surface area contributed by atoms with E-state index in [-0.39, 0.29) is 0 Å². The average molecular weight is 357 g/mol. The monoisotopic (exact) mass is 356 g/mol. The van der Waals surface area contributed by atoms with Gasteiger partial charge in [0.1, 0.15) is 12.6 Å². The zero-order valence-electron chi connectivity index (χ0n) is 16.4. The Bertz CT molecular complexity index is 552.